The number of rotatable bonds is 2. The Bertz CT molecular complexity index is 537. The molecule has 0 amide bonds. The Morgan fingerprint density at radius 2 is 1.89 bits per heavy atom. The van der Waals surface area contributed by atoms with E-state index in [0.717, 1.165) is 6.20 Å². The van der Waals surface area contributed by atoms with Crippen LogP contribution in [0.4, 0.5) is 13.2 Å². The molecule has 2 aromatic heterocycles. The molecule has 4 nitrogen and oxygen atoms in total. The van der Waals surface area contributed by atoms with Crippen molar-refractivity contribution in [3.8, 4) is 11.3 Å². The molecule has 2 rings (SSSR count). The van der Waals surface area contributed by atoms with E-state index in [-0.39, 0.29) is 6.54 Å². The Hall–Kier alpha value is -2.02. The zero-order valence-electron chi connectivity index (χ0n) is 9.15. The fourth-order valence-electron chi connectivity index (χ4n) is 1.37. The fourth-order valence-corrected chi connectivity index (χ4v) is 1.37. The van der Waals surface area contributed by atoms with E-state index in [1.807, 2.05) is 0 Å². The Balaban J connectivity index is 2.34. The molecule has 0 unspecified atom stereocenters. The van der Waals surface area contributed by atoms with Gasteiger partial charge in [0.05, 0.1) is 23.8 Å². The maximum Gasteiger partial charge on any atom is 0.434 e. The molecule has 0 saturated heterocycles. The lowest BCUT2D eigenvalue weighted by Gasteiger charge is -2.06. The summed E-state index contributed by atoms with van der Waals surface area (Å²) in [5.41, 5.74) is 6.03. The Morgan fingerprint density at radius 1 is 1.11 bits per heavy atom. The highest BCUT2D eigenvalue weighted by Crippen LogP contribution is 2.27. The van der Waals surface area contributed by atoms with Crippen molar-refractivity contribution >= 4 is 0 Å². The second kappa shape index (κ2) is 4.69. The minimum atomic E-state index is -4.48. The number of hydrogen-bond acceptors (Lipinski definition) is 4. The van der Waals surface area contributed by atoms with Gasteiger partial charge in [0.2, 0.25) is 0 Å². The lowest BCUT2D eigenvalue weighted by molar-refractivity contribution is -0.141. The first-order chi connectivity index (χ1) is 8.50. The predicted octanol–water partition coefficient (Wildman–Crippen LogP) is 2.02. The highest BCUT2D eigenvalue weighted by molar-refractivity contribution is 5.57. The molecule has 2 aromatic rings. The first-order valence-electron chi connectivity index (χ1n) is 5.05. The Morgan fingerprint density at radius 3 is 2.44 bits per heavy atom. The third kappa shape index (κ3) is 2.62. The summed E-state index contributed by atoms with van der Waals surface area (Å²) in [4.78, 5) is 11.1. The van der Waals surface area contributed by atoms with Crippen LogP contribution in [-0.2, 0) is 12.7 Å². The molecule has 0 aliphatic heterocycles. The molecule has 0 aliphatic carbocycles. The number of nitrogens with two attached hydrogens (primary N) is 1. The number of nitrogens with zero attached hydrogens (tertiary/aromatic N) is 3. The molecule has 0 radical (unpaired) electrons. The SMILES string of the molecule is NCc1cc(-c2cnc(C(F)(F)F)cn2)ccn1. The Labute approximate surface area is 101 Å². The van der Waals surface area contributed by atoms with Crippen molar-refractivity contribution in [3.05, 3.63) is 42.1 Å². The van der Waals surface area contributed by atoms with Gasteiger partial charge in [0.25, 0.3) is 0 Å². The second-order valence-corrected chi connectivity index (χ2v) is 3.52. The molecule has 0 bridgehead atoms. The van der Waals surface area contributed by atoms with E-state index in [9.17, 15) is 13.2 Å². The molecule has 0 aromatic carbocycles. The van der Waals surface area contributed by atoms with E-state index in [2.05, 4.69) is 15.0 Å². The molecule has 0 fully saturated rings. The van der Waals surface area contributed by atoms with Gasteiger partial charge in [0, 0.05) is 18.3 Å². The fraction of sp³-hybridized carbons (Fsp3) is 0.182. The zero-order valence-corrected chi connectivity index (χ0v) is 9.15. The van der Waals surface area contributed by atoms with Crippen LogP contribution in [-0.4, -0.2) is 15.0 Å². The molecule has 0 saturated carbocycles. The van der Waals surface area contributed by atoms with E-state index in [4.69, 9.17) is 5.73 Å². The van der Waals surface area contributed by atoms with Gasteiger partial charge in [0.1, 0.15) is 0 Å². The lowest BCUT2D eigenvalue weighted by Crippen LogP contribution is -2.08. The van der Waals surface area contributed by atoms with E-state index in [1.54, 1.807) is 12.1 Å². The van der Waals surface area contributed by atoms with Gasteiger partial charge in [0.15, 0.2) is 5.69 Å². The van der Waals surface area contributed by atoms with Crippen LogP contribution in [0, 0.1) is 0 Å². The number of halogens is 3. The van der Waals surface area contributed by atoms with Crippen molar-refractivity contribution < 1.29 is 13.2 Å². The highest BCUT2D eigenvalue weighted by Gasteiger charge is 2.32. The minimum Gasteiger partial charge on any atom is -0.325 e. The third-order valence-corrected chi connectivity index (χ3v) is 2.26. The van der Waals surface area contributed by atoms with Gasteiger partial charge >= 0.3 is 6.18 Å². The molecule has 0 aliphatic rings. The lowest BCUT2D eigenvalue weighted by atomic mass is 10.1. The molecule has 0 spiro atoms. The smallest absolute Gasteiger partial charge is 0.325 e. The van der Waals surface area contributed by atoms with Crippen LogP contribution in [0.5, 0.6) is 0 Å². The summed E-state index contributed by atoms with van der Waals surface area (Å²) in [7, 11) is 0. The molecular weight excluding hydrogens is 245 g/mol. The summed E-state index contributed by atoms with van der Waals surface area (Å²) in [5.74, 6) is 0. The van der Waals surface area contributed by atoms with Gasteiger partial charge in [-0.2, -0.15) is 13.2 Å². The first-order valence-corrected chi connectivity index (χ1v) is 5.05. The van der Waals surface area contributed by atoms with Crippen molar-refractivity contribution in [2.75, 3.05) is 0 Å². The monoisotopic (exact) mass is 254 g/mol. The summed E-state index contributed by atoms with van der Waals surface area (Å²) in [6.07, 6.45) is -1.17. The van der Waals surface area contributed by atoms with Crippen LogP contribution in [0.2, 0.25) is 0 Å². The van der Waals surface area contributed by atoms with Crippen molar-refractivity contribution in [3.63, 3.8) is 0 Å². The molecule has 18 heavy (non-hydrogen) atoms. The largest absolute Gasteiger partial charge is 0.434 e. The molecule has 2 N–H and O–H groups in total. The van der Waals surface area contributed by atoms with Crippen LogP contribution in [0.15, 0.2) is 30.7 Å². The topological polar surface area (TPSA) is 64.7 Å². The number of alkyl halides is 3. The average molecular weight is 254 g/mol. The maximum atomic E-state index is 12.3. The van der Waals surface area contributed by atoms with Crippen LogP contribution in [0.25, 0.3) is 11.3 Å². The summed E-state index contributed by atoms with van der Waals surface area (Å²) in [6, 6.07) is 3.30. The quantitative estimate of drug-likeness (QED) is 0.890. The van der Waals surface area contributed by atoms with Gasteiger partial charge < -0.3 is 5.73 Å². The second-order valence-electron chi connectivity index (χ2n) is 3.52. The van der Waals surface area contributed by atoms with Gasteiger partial charge in [-0.05, 0) is 12.1 Å². The first kappa shape index (κ1) is 12.4. The van der Waals surface area contributed by atoms with E-state index in [1.165, 1.54) is 6.20 Å². The van der Waals surface area contributed by atoms with Crippen LogP contribution >= 0.6 is 0 Å². The molecular formula is C11H9F3N4. The summed E-state index contributed by atoms with van der Waals surface area (Å²) < 4.78 is 36.9. The Kier molecular flexibility index (Phi) is 3.24. The number of aromatic nitrogens is 3. The van der Waals surface area contributed by atoms with Gasteiger partial charge in [-0.1, -0.05) is 0 Å². The predicted molar refractivity (Wildman–Crippen MR) is 58.2 cm³/mol. The standard InChI is InChI=1S/C11H9F3N4/c12-11(13,14)10-6-17-9(5-18-10)7-1-2-16-8(3-7)4-15/h1-3,5-6H,4,15H2. The van der Waals surface area contributed by atoms with E-state index >= 15 is 0 Å². The third-order valence-electron chi connectivity index (χ3n) is 2.26. The van der Waals surface area contributed by atoms with E-state index in [0.29, 0.717) is 23.1 Å². The van der Waals surface area contributed by atoms with Crippen molar-refractivity contribution in [1.82, 2.24) is 15.0 Å². The molecule has 0 atom stereocenters. The molecule has 94 valence electrons. The minimum absolute atomic E-state index is 0.252. The summed E-state index contributed by atoms with van der Waals surface area (Å²) in [5, 5.41) is 0. The van der Waals surface area contributed by atoms with Gasteiger partial charge in [-0.3, -0.25) is 9.97 Å². The van der Waals surface area contributed by atoms with Crippen LogP contribution in [0.3, 0.4) is 0 Å². The van der Waals surface area contributed by atoms with E-state index < -0.39 is 11.9 Å². The van der Waals surface area contributed by atoms with Gasteiger partial charge in [-0.25, -0.2) is 4.98 Å². The zero-order chi connectivity index (χ0) is 13.2. The summed E-state index contributed by atoms with van der Waals surface area (Å²) >= 11 is 0. The summed E-state index contributed by atoms with van der Waals surface area (Å²) in [6.45, 7) is 0.252. The van der Waals surface area contributed by atoms with Crippen molar-refractivity contribution in [2.45, 2.75) is 12.7 Å². The normalized spacial score (nSPS) is 11.6. The van der Waals surface area contributed by atoms with Crippen LogP contribution in [0.1, 0.15) is 11.4 Å². The molecule has 2 heterocycles. The van der Waals surface area contributed by atoms with Crippen LogP contribution < -0.4 is 5.73 Å². The maximum absolute atomic E-state index is 12.3. The van der Waals surface area contributed by atoms with Gasteiger partial charge in [-0.15, -0.1) is 0 Å². The van der Waals surface area contributed by atoms with Crippen molar-refractivity contribution in [2.24, 2.45) is 5.73 Å². The average Bonchev–Trinajstić information content (AvgIpc) is 2.38. The van der Waals surface area contributed by atoms with Crippen molar-refractivity contribution in [1.29, 1.82) is 0 Å². The highest BCUT2D eigenvalue weighted by atomic mass is 19.4. The number of pyridine rings is 1. The molecule has 7 heteroatoms. The number of hydrogen-bond donors (Lipinski definition) is 1.